The lowest BCUT2D eigenvalue weighted by Gasteiger charge is -2.35. The standard InChI is InChI=1S/C21H26N4O/c1-21(2)12-18-17(19(26)13-21)14-22-20(23-18)25-10-8-24(9-11-25)15-16-6-4-3-5-7-16/h3-7,14H,8-13,15H2,1-2H3. The molecule has 0 radical (unpaired) electrons. The van der Waals surface area contributed by atoms with Gasteiger partial charge in [0.05, 0.1) is 11.3 Å². The zero-order chi connectivity index (χ0) is 18.1. The summed E-state index contributed by atoms with van der Waals surface area (Å²) in [6.07, 6.45) is 3.17. The minimum Gasteiger partial charge on any atom is -0.338 e. The smallest absolute Gasteiger partial charge is 0.225 e. The molecule has 0 N–H and O–H groups in total. The van der Waals surface area contributed by atoms with Gasteiger partial charge in [0.25, 0.3) is 0 Å². The molecule has 26 heavy (non-hydrogen) atoms. The topological polar surface area (TPSA) is 49.3 Å². The van der Waals surface area contributed by atoms with Crippen molar-refractivity contribution in [2.45, 2.75) is 33.2 Å². The van der Waals surface area contributed by atoms with Crippen molar-refractivity contribution in [3.63, 3.8) is 0 Å². The number of benzene rings is 1. The Bertz CT molecular complexity index is 795. The third kappa shape index (κ3) is 3.63. The summed E-state index contributed by atoms with van der Waals surface area (Å²) >= 11 is 0. The van der Waals surface area contributed by atoms with Gasteiger partial charge in [-0.1, -0.05) is 44.2 Å². The quantitative estimate of drug-likeness (QED) is 0.852. The van der Waals surface area contributed by atoms with Gasteiger partial charge in [0, 0.05) is 45.3 Å². The number of carbonyl (C=O) groups is 1. The van der Waals surface area contributed by atoms with Gasteiger partial charge < -0.3 is 4.90 Å². The molecular formula is C21H26N4O. The molecule has 0 spiro atoms. The molecule has 0 saturated carbocycles. The van der Waals surface area contributed by atoms with Crippen LogP contribution < -0.4 is 4.90 Å². The maximum absolute atomic E-state index is 12.3. The number of hydrogen-bond acceptors (Lipinski definition) is 5. The van der Waals surface area contributed by atoms with E-state index in [1.807, 2.05) is 0 Å². The molecule has 2 heterocycles. The van der Waals surface area contributed by atoms with Crippen molar-refractivity contribution in [2.75, 3.05) is 31.1 Å². The van der Waals surface area contributed by atoms with Crippen molar-refractivity contribution >= 4 is 11.7 Å². The number of nitrogens with zero attached hydrogens (tertiary/aromatic N) is 4. The van der Waals surface area contributed by atoms with Gasteiger partial charge in [0.15, 0.2) is 5.78 Å². The van der Waals surface area contributed by atoms with Crippen LogP contribution in [-0.4, -0.2) is 46.8 Å². The van der Waals surface area contributed by atoms with E-state index in [-0.39, 0.29) is 11.2 Å². The highest BCUT2D eigenvalue weighted by atomic mass is 16.1. The van der Waals surface area contributed by atoms with Crippen molar-refractivity contribution < 1.29 is 4.79 Å². The summed E-state index contributed by atoms with van der Waals surface area (Å²) in [5.74, 6) is 0.948. The maximum atomic E-state index is 12.3. The molecule has 2 aliphatic rings. The molecule has 1 saturated heterocycles. The normalized spacial score (nSPS) is 20.1. The minimum absolute atomic E-state index is 0.00983. The maximum Gasteiger partial charge on any atom is 0.225 e. The molecule has 0 bridgehead atoms. The summed E-state index contributed by atoms with van der Waals surface area (Å²) in [4.78, 5) is 26.3. The first-order valence-electron chi connectivity index (χ1n) is 9.41. The van der Waals surface area contributed by atoms with Gasteiger partial charge >= 0.3 is 0 Å². The van der Waals surface area contributed by atoms with Crippen LogP contribution in [0, 0.1) is 5.41 Å². The van der Waals surface area contributed by atoms with E-state index >= 15 is 0 Å². The van der Waals surface area contributed by atoms with Gasteiger partial charge in [-0.15, -0.1) is 0 Å². The Morgan fingerprint density at radius 3 is 2.50 bits per heavy atom. The molecule has 2 aromatic rings. The van der Waals surface area contributed by atoms with E-state index in [1.165, 1.54) is 5.56 Å². The average molecular weight is 350 g/mol. The third-order valence-electron chi connectivity index (χ3n) is 5.34. The number of anilines is 1. The molecule has 5 nitrogen and oxygen atoms in total. The van der Waals surface area contributed by atoms with E-state index in [0.717, 1.165) is 56.4 Å². The van der Waals surface area contributed by atoms with Crippen LogP contribution in [0.3, 0.4) is 0 Å². The van der Waals surface area contributed by atoms with Gasteiger partial charge in [-0.2, -0.15) is 0 Å². The van der Waals surface area contributed by atoms with Gasteiger partial charge in [-0.25, -0.2) is 9.97 Å². The Kier molecular flexibility index (Phi) is 4.49. The molecule has 4 rings (SSSR count). The minimum atomic E-state index is -0.00983. The molecule has 1 aromatic carbocycles. The Labute approximate surface area is 155 Å². The first-order chi connectivity index (χ1) is 12.5. The van der Waals surface area contributed by atoms with Crippen molar-refractivity contribution in [1.29, 1.82) is 0 Å². The number of carbonyl (C=O) groups excluding carboxylic acids is 1. The predicted octanol–water partition coefficient (Wildman–Crippen LogP) is 2.95. The van der Waals surface area contributed by atoms with Crippen molar-refractivity contribution in [2.24, 2.45) is 5.41 Å². The SMILES string of the molecule is CC1(C)CC(=O)c2cnc(N3CCN(Cc4ccccc4)CC3)nc2C1. The summed E-state index contributed by atoms with van der Waals surface area (Å²) in [6, 6.07) is 10.6. The lowest BCUT2D eigenvalue weighted by atomic mass is 9.76. The van der Waals surface area contributed by atoms with Crippen LogP contribution in [0.1, 0.15) is 41.9 Å². The van der Waals surface area contributed by atoms with Crippen molar-refractivity contribution in [1.82, 2.24) is 14.9 Å². The molecule has 1 aliphatic heterocycles. The van der Waals surface area contributed by atoms with E-state index in [4.69, 9.17) is 4.98 Å². The second kappa shape index (κ2) is 6.80. The van der Waals surface area contributed by atoms with E-state index in [0.29, 0.717) is 6.42 Å². The molecule has 0 atom stereocenters. The molecule has 1 aliphatic carbocycles. The lowest BCUT2D eigenvalue weighted by molar-refractivity contribution is 0.0909. The van der Waals surface area contributed by atoms with Crippen LogP contribution in [0.4, 0.5) is 5.95 Å². The van der Waals surface area contributed by atoms with Gasteiger partial charge in [-0.05, 0) is 17.4 Å². The number of Topliss-reactive ketones (excluding diaryl/α,β-unsaturated/α-hetero) is 1. The van der Waals surface area contributed by atoms with Gasteiger partial charge in [-0.3, -0.25) is 9.69 Å². The van der Waals surface area contributed by atoms with Crippen LogP contribution >= 0.6 is 0 Å². The summed E-state index contributed by atoms with van der Waals surface area (Å²) in [6.45, 7) is 9.10. The molecule has 0 amide bonds. The van der Waals surface area contributed by atoms with Crippen LogP contribution in [-0.2, 0) is 13.0 Å². The molecule has 5 heteroatoms. The van der Waals surface area contributed by atoms with Crippen LogP contribution in [0.15, 0.2) is 36.5 Å². The molecule has 1 aromatic heterocycles. The average Bonchev–Trinajstić information content (AvgIpc) is 2.62. The van der Waals surface area contributed by atoms with E-state index in [2.05, 4.69) is 59.0 Å². The summed E-state index contributed by atoms with van der Waals surface area (Å²) in [5.41, 5.74) is 2.98. The van der Waals surface area contributed by atoms with Crippen molar-refractivity contribution in [3.8, 4) is 0 Å². The Morgan fingerprint density at radius 2 is 1.77 bits per heavy atom. The second-order valence-corrected chi connectivity index (χ2v) is 8.22. The molecule has 0 unspecified atom stereocenters. The largest absolute Gasteiger partial charge is 0.338 e. The Morgan fingerprint density at radius 1 is 1.04 bits per heavy atom. The fraction of sp³-hybridized carbons (Fsp3) is 0.476. The summed E-state index contributed by atoms with van der Waals surface area (Å²) in [5, 5.41) is 0. The highest BCUT2D eigenvalue weighted by Crippen LogP contribution is 2.34. The van der Waals surface area contributed by atoms with E-state index < -0.39 is 0 Å². The number of hydrogen-bond donors (Lipinski definition) is 0. The fourth-order valence-corrected chi connectivity index (χ4v) is 3.92. The second-order valence-electron chi connectivity index (χ2n) is 8.22. The zero-order valence-corrected chi connectivity index (χ0v) is 15.6. The highest BCUT2D eigenvalue weighted by Gasteiger charge is 2.33. The lowest BCUT2D eigenvalue weighted by Crippen LogP contribution is -2.46. The zero-order valence-electron chi connectivity index (χ0n) is 15.6. The molecule has 136 valence electrons. The highest BCUT2D eigenvalue weighted by molar-refractivity contribution is 5.98. The third-order valence-corrected chi connectivity index (χ3v) is 5.34. The Hall–Kier alpha value is -2.27. The Balaban J connectivity index is 1.43. The number of rotatable bonds is 3. The number of ketones is 1. The predicted molar refractivity (Wildman–Crippen MR) is 102 cm³/mol. The van der Waals surface area contributed by atoms with Crippen LogP contribution in [0.25, 0.3) is 0 Å². The van der Waals surface area contributed by atoms with Crippen LogP contribution in [0.5, 0.6) is 0 Å². The molecule has 1 fully saturated rings. The van der Waals surface area contributed by atoms with Crippen LogP contribution in [0.2, 0.25) is 0 Å². The summed E-state index contributed by atoms with van der Waals surface area (Å²) < 4.78 is 0. The number of fused-ring (bicyclic) bond motifs is 1. The van der Waals surface area contributed by atoms with Gasteiger partial charge in [0.2, 0.25) is 5.95 Å². The number of aromatic nitrogens is 2. The summed E-state index contributed by atoms with van der Waals surface area (Å²) in [7, 11) is 0. The van der Waals surface area contributed by atoms with E-state index in [9.17, 15) is 4.79 Å². The van der Waals surface area contributed by atoms with Crippen molar-refractivity contribution in [3.05, 3.63) is 53.3 Å². The van der Waals surface area contributed by atoms with E-state index in [1.54, 1.807) is 6.20 Å². The monoisotopic (exact) mass is 350 g/mol. The number of piperazine rings is 1. The first kappa shape index (κ1) is 17.2. The molecular weight excluding hydrogens is 324 g/mol. The van der Waals surface area contributed by atoms with Gasteiger partial charge in [0.1, 0.15) is 0 Å². The first-order valence-corrected chi connectivity index (χ1v) is 9.41. The fourth-order valence-electron chi connectivity index (χ4n) is 3.92.